The number of carbonyl (C=O) groups is 1. The number of hydrogen-bond acceptors (Lipinski definition) is 2. The van der Waals surface area contributed by atoms with E-state index < -0.39 is 11.7 Å². The van der Waals surface area contributed by atoms with E-state index in [0.717, 1.165) is 5.56 Å². The van der Waals surface area contributed by atoms with Crippen molar-refractivity contribution in [3.63, 3.8) is 0 Å². The van der Waals surface area contributed by atoms with Crippen molar-refractivity contribution < 1.29 is 18.7 Å². The fourth-order valence-corrected chi connectivity index (χ4v) is 2.32. The smallest absolute Gasteiger partial charge is 0.307 e. The number of benzene rings is 1. The van der Waals surface area contributed by atoms with Gasteiger partial charge in [0, 0.05) is 4.90 Å². The zero-order chi connectivity index (χ0) is 11.7. The van der Waals surface area contributed by atoms with Crippen molar-refractivity contribution in [2.24, 2.45) is 5.92 Å². The fraction of sp³-hybridized carbons (Fsp3) is 0.364. The van der Waals surface area contributed by atoms with Crippen LogP contribution in [0.1, 0.15) is 17.9 Å². The van der Waals surface area contributed by atoms with Crippen LogP contribution in [0.15, 0.2) is 29.2 Å². The minimum absolute atomic E-state index is 0.00396. The highest BCUT2D eigenvalue weighted by molar-refractivity contribution is 7.99. The van der Waals surface area contributed by atoms with Gasteiger partial charge in [-0.1, -0.05) is 23.9 Å². The normalized spacial score (nSPS) is 23.4. The van der Waals surface area contributed by atoms with E-state index in [-0.39, 0.29) is 11.8 Å². The Morgan fingerprint density at radius 3 is 2.81 bits per heavy atom. The monoisotopic (exact) mass is 244 g/mol. The number of halogens is 2. The molecule has 1 aliphatic carbocycles. The molecule has 1 N–H and O–H groups in total. The molecule has 0 saturated heterocycles. The van der Waals surface area contributed by atoms with Gasteiger partial charge in [0.25, 0.3) is 5.76 Å². The Morgan fingerprint density at radius 2 is 2.25 bits per heavy atom. The Bertz CT molecular complexity index is 409. The van der Waals surface area contributed by atoms with Crippen LogP contribution in [-0.2, 0) is 4.79 Å². The van der Waals surface area contributed by atoms with Gasteiger partial charge in [-0.15, -0.1) is 0 Å². The summed E-state index contributed by atoms with van der Waals surface area (Å²) in [7, 11) is 0. The molecule has 0 heterocycles. The molecule has 0 spiro atoms. The maximum Gasteiger partial charge on any atom is 0.307 e. The third-order valence-electron chi connectivity index (χ3n) is 2.62. The molecule has 2 nitrogen and oxygen atoms in total. The minimum Gasteiger partial charge on any atom is -0.481 e. The summed E-state index contributed by atoms with van der Waals surface area (Å²) in [4.78, 5) is 11.2. The van der Waals surface area contributed by atoms with Crippen molar-refractivity contribution >= 4 is 17.7 Å². The van der Waals surface area contributed by atoms with Crippen LogP contribution in [-0.4, -0.2) is 16.8 Å². The molecule has 0 radical (unpaired) electrons. The van der Waals surface area contributed by atoms with Crippen LogP contribution in [0.5, 0.6) is 0 Å². The van der Waals surface area contributed by atoms with Gasteiger partial charge in [0.1, 0.15) is 0 Å². The molecule has 5 heteroatoms. The molecule has 1 aliphatic rings. The topological polar surface area (TPSA) is 37.3 Å². The first kappa shape index (κ1) is 11.4. The fourth-order valence-electron chi connectivity index (χ4n) is 1.76. The average molecular weight is 244 g/mol. The Hall–Kier alpha value is -1.10. The van der Waals surface area contributed by atoms with Crippen LogP contribution in [0.2, 0.25) is 0 Å². The Balaban J connectivity index is 2.09. The summed E-state index contributed by atoms with van der Waals surface area (Å²) in [6.45, 7) is 0. The van der Waals surface area contributed by atoms with E-state index in [2.05, 4.69) is 0 Å². The van der Waals surface area contributed by atoms with Gasteiger partial charge in [-0.05, 0) is 30.0 Å². The van der Waals surface area contributed by atoms with Gasteiger partial charge in [0.2, 0.25) is 0 Å². The zero-order valence-electron chi connectivity index (χ0n) is 8.27. The molecular formula is C11H10F2O2S. The number of carboxylic acids is 1. The van der Waals surface area contributed by atoms with Gasteiger partial charge in [0.15, 0.2) is 0 Å². The lowest BCUT2D eigenvalue weighted by molar-refractivity contribution is -0.138. The summed E-state index contributed by atoms with van der Waals surface area (Å²) in [6.07, 6.45) is 0.609. The Morgan fingerprint density at radius 1 is 1.50 bits per heavy atom. The lowest BCUT2D eigenvalue weighted by atomic mass is 10.1. The van der Waals surface area contributed by atoms with Crippen molar-refractivity contribution in [1.29, 1.82) is 0 Å². The summed E-state index contributed by atoms with van der Waals surface area (Å²) in [5, 5.41) is 8.77. The number of thioether (sulfide) groups is 1. The van der Waals surface area contributed by atoms with Gasteiger partial charge in [-0.3, -0.25) is 4.79 Å². The standard InChI is InChI=1S/C11H10F2O2S/c12-11(13)16-7-3-1-2-6(4-7)8-5-9(8)10(14)15/h1-4,8-9,11H,5H2,(H,14,15). The van der Waals surface area contributed by atoms with Crippen LogP contribution in [0.25, 0.3) is 0 Å². The zero-order valence-corrected chi connectivity index (χ0v) is 9.08. The lowest BCUT2D eigenvalue weighted by Crippen LogP contribution is -1.98. The van der Waals surface area contributed by atoms with Crippen LogP contribution >= 0.6 is 11.8 Å². The molecule has 1 fully saturated rings. The molecule has 2 unspecified atom stereocenters. The van der Waals surface area contributed by atoms with E-state index in [0.29, 0.717) is 23.1 Å². The highest BCUT2D eigenvalue weighted by Crippen LogP contribution is 2.48. The first-order chi connectivity index (χ1) is 7.58. The van der Waals surface area contributed by atoms with Gasteiger partial charge >= 0.3 is 5.97 Å². The van der Waals surface area contributed by atoms with E-state index in [1.165, 1.54) is 0 Å². The first-order valence-electron chi connectivity index (χ1n) is 4.85. The maximum atomic E-state index is 12.1. The highest BCUT2D eigenvalue weighted by Gasteiger charge is 2.44. The Kier molecular flexibility index (Phi) is 3.14. The molecule has 0 bridgehead atoms. The molecular weight excluding hydrogens is 234 g/mol. The predicted octanol–water partition coefficient (Wildman–Crippen LogP) is 3.19. The number of alkyl halides is 2. The largest absolute Gasteiger partial charge is 0.481 e. The second kappa shape index (κ2) is 4.41. The third-order valence-corrected chi connectivity index (χ3v) is 3.32. The molecule has 0 aromatic heterocycles. The van der Waals surface area contributed by atoms with Gasteiger partial charge in [-0.2, -0.15) is 8.78 Å². The van der Waals surface area contributed by atoms with Crippen molar-refractivity contribution in [2.45, 2.75) is 23.0 Å². The number of carboxylic acid groups (broad SMARTS) is 1. The number of hydrogen-bond donors (Lipinski definition) is 1. The SMILES string of the molecule is O=C(O)C1CC1c1cccc(SC(F)F)c1. The van der Waals surface area contributed by atoms with E-state index in [9.17, 15) is 13.6 Å². The summed E-state index contributed by atoms with van der Waals surface area (Å²) in [5.41, 5.74) is 0.845. The van der Waals surface area contributed by atoms with E-state index in [4.69, 9.17) is 5.11 Å². The summed E-state index contributed by atoms with van der Waals surface area (Å²) in [5.74, 6) is -3.59. The second-order valence-electron chi connectivity index (χ2n) is 3.74. The molecule has 86 valence electrons. The summed E-state index contributed by atoms with van der Waals surface area (Å²) >= 11 is 0.487. The third kappa shape index (κ3) is 2.52. The molecule has 2 rings (SSSR count). The molecule has 1 saturated carbocycles. The molecule has 0 aliphatic heterocycles. The lowest BCUT2D eigenvalue weighted by Gasteiger charge is -2.03. The molecule has 16 heavy (non-hydrogen) atoms. The van der Waals surface area contributed by atoms with Crippen molar-refractivity contribution in [3.05, 3.63) is 29.8 Å². The van der Waals surface area contributed by atoms with Crippen LogP contribution in [0.4, 0.5) is 8.78 Å². The van der Waals surface area contributed by atoms with E-state index >= 15 is 0 Å². The van der Waals surface area contributed by atoms with E-state index in [1.807, 2.05) is 0 Å². The second-order valence-corrected chi connectivity index (χ2v) is 4.80. The van der Waals surface area contributed by atoms with Gasteiger partial charge < -0.3 is 5.11 Å². The first-order valence-corrected chi connectivity index (χ1v) is 5.73. The minimum atomic E-state index is -2.44. The highest BCUT2D eigenvalue weighted by atomic mass is 32.2. The van der Waals surface area contributed by atoms with Crippen LogP contribution in [0.3, 0.4) is 0 Å². The molecule has 0 amide bonds. The Labute approximate surface area is 95.7 Å². The molecule has 1 aromatic carbocycles. The quantitative estimate of drug-likeness (QED) is 0.826. The number of aliphatic carboxylic acids is 1. The predicted molar refractivity (Wildman–Crippen MR) is 56.8 cm³/mol. The van der Waals surface area contributed by atoms with E-state index in [1.54, 1.807) is 24.3 Å². The molecule has 2 atom stereocenters. The summed E-state index contributed by atoms with van der Waals surface area (Å²) in [6, 6.07) is 6.75. The van der Waals surface area contributed by atoms with Crippen LogP contribution < -0.4 is 0 Å². The van der Waals surface area contributed by atoms with Crippen molar-refractivity contribution in [1.82, 2.24) is 0 Å². The van der Waals surface area contributed by atoms with Crippen molar-refractivity contribution in [3.8, 4) is 0 Å². The summed E-state index contributed by atoms with van der Waals surface area (Å²) < 4.78 is 24.3. The average Bonchev–Trinajstić information content (AvgIpc) is 2.96. The van der Waals surface area contributed by atoms with Crippen molar-refractivity contribution in [2.75, 3.05) is 0 Å². The van der Waals surface area contributed by atoms with Gasteiger partial charge in [-0.25, -0.2) is 0 Å². The number of rotatable bonds is 4. The van der Waals surface area contributed by atoms with Crippen LogP contribution in [0, 0.1) is 5.92 Å². The molecule has 1 aromatic rings. The van der Waals surface area contributed by atoms with Gasteiger partial charge in [0.05, 0.1) is 5.92 Å². The maximum absolute atomic E-state index is 12.1.